The number of anilines is 1. The number of nitrogens with zero attached hydrogens (tertiary/aromatic N) is 1. The van der Waals surface area contributed by atoms with E-state index in [0.29, 0.717) is 18.6 Å². The summed E-state index contributed by atoms with van der Waals surface area (Å²) < 4.78 is 11.2. The van der Waals surface area contributed by atoms with Gasteiger partial charge in [-0.25, -0.2) is 4.79 Å². The Bertz CT molecular complexity index is 1080. The number of esters is 1. The number of hydrogen-bond acceptors (Lipinski definition) is 4. The average Bonchev–Trinajstić information content (AvgIpc) is 3.20. The Morgan fingerprint density at radius 3 is 2.57 bits per heavy atom. The first-order valence-electron chi connectivity index (χ1n) is 9.94. The molecule has 5 heteroatoms. The Hall–Kier alpha value is -3.18. The van der Waals surface area contributed by atoms with Gasteiger partial charge in [0, 0.05) is 24.6 Å². The van der Waals surface area contributed by atoms with E-state index in [4.69, 9.17) is 9.47 Å². The van der Waals surface area contributed by atoms with E-state index in [1.54, 1.807) is 11.9 Å². The number of aryl methyl sites for hydroxylation is 1. The van der Waals surface area contributed by atoms with Crippen LogP contribution in [-0.4, -0.2) is 32.6 Å². The second kappa shape index (κ2) is 7.58. The third kappa shape index (κ3) is 3.06. The summed E-state index contributed by atoms with van der Waals surface area (Å²) in [7, 11) is 3.15. The number of rotatable bonds is 4. The predicted molar refractivity (Wildman–Crippen MR) is 116 cm³/mol. The topological polar surface area (TPSA) is 55.8 Å². The van der Waals surface area contributed by atoms with Gasteiger partial charge in [0.15, 0.2) is 5.60 Å². The molecule has 154 valence electrons. The number of ether oxygens (including phenoxy) is 2. The van der Waals surface area contributed by atoms with E-state index in [0.717, 1.165) is 33.5 Å². The van der Waals surface area contributed by atoms with Gasteiger partial charge in [0.2, 0.25) is 0 Å². The van der Waals surface area contributed by atoms with Crippen molar-refractivity contribution in [3.05, 3.63) is 81.9 Å². The van der Waals surface area contributed by atoms with Gasteiger partial charge < -0.3 is 14.4 Å². The molecule has 1 amide bonds. The highest BCUT2D eigenvalue weighted by Gasteiger charge is 2.55. The summed E-state index contributed by atoms with van der Waals surface area (Å²) in [6.07, 6.45) is 2.21. The lowest BCUT2D eigenvalue weighted by Crippen LogP contribution is -2.39. The minimum Gasteiger partial charge on any atom is -0.466 e. The predicted octanol–water partition coefficient (Wildman–Crippen LogP) is 4.16. The van der Waals surface area contributed by atoms with Crippen molar-refractivity contribution in [1.82, 2.24) is 0 Å². The molecule has 1 atom stereocenters. The van der Waals surface area contributed by atoms with Gasteiger partial charge in [-0.3, -0.25) is 4.79 Å². The molecular weight excluding hydrogens is 378 g/mol. The molecule has 2 aromatic carbocycles. The number of amides is 1. The largest absolute Gasteiger partial charge is 0.466 e. The molecule has 0 saturated heterocycles. The first kappa shape index (κ1) is 20.1. The molecule has 2 aromatic rings. The summed E-state index contributed by atoms with van der Waals surface area (Å²) in [6.45, 7) is 4.24. The smallest absolute Gasteiger partial charge is 0.334 e. The Kier molecular flexibility index (Phi) is 5.08. The molecule has 0 fully saturated rings. The molecule has 0 bridgehead atoms. The molecule has 0 N–H and O–H groups in total. The number of carbonyl (C=O) groups is 2. The summed E-state index contributed by atoms with van der Waals surface area (Å²) in [5.41, 5.74) is 4.99. The maximum Gasteiger partial charge on any atom is 0.334 e. The molecule has 0 aliphatic carbocycles. The lowest BCUT2D eigenvalue weighted by atomic mass is 9.86. The highest BCUT2D eigenvalue weighted by Crippen LogP contribution is 2.51. The Morgan fingerprint density at radius 1 is 1.17 bits per heavy atom. The molecule has 2 aliphatic rings. The van der Waals surface area contributed by atoms with E-state index in [1.165, 1.54) is 7.11 Å². The van der Waals surface area contributed by atoms with Crippen molar-refractivity contribution in [2.75, 3.05) is 25.7 Å². The first-order valence-corrected chi connectivity index (χ1v) is 9.94. The molecule has 1 unspecified atom stereocenters. The Labute approximate surface area is 176 Å². The van der Waals surface area contributed by atoms with Gasteiger partial charge in [0.05, 0.1) is 19.4 Å². The fourth-order valence-electron chi connectivity index (χ4n) is 4.28. The van der Waals surface area contributed by atoms with Gasteiger partial charge in [-0.15, -0.1) is 0 Å². The lowest BCUT2D eigenvalue weighted by molar-refractivity contribution is -0.136. The minimum absolute atomic E-state index is 0.0988. The van der Waals surface area contributed by atoms with Crippen molar-refractivity contribution >= 4 is 23.6 Å². The maximum absolute atomic E-state index is 13.2. The minimum atomic E-state index is -1.11. The Balaban J connectivity index is 1.73. The van der Waals surface area contributed by atoms with Gasteiger partial charge in [0.25, 0.3) is 5.91 Å². The van der Waals surface area contributed by atoms with Crippen LogP contribution in [0.2, 0.25) is 0 Å². The van der Waals surface area contributed by atoms with Crippen LogP contribution in [0, 0.1) is 6.92 Å². The number of likely N-dealkylation sites (N-methyl/N-ethyl adjacent to an activating group) is 1. The number of carbonyl (C=O) groups excluding carboxylic acids is 2. The Morgan fingerprint density at radius 2 is 1.87 bits per heavy atom. The number of hydrogen-bond donors (Lipinski definition) is 0. The summed E-state index contributed by atoms with van der Waals surface area (Å²) in [4.78, 5) is 27.3. The normalized spacial score (nSPS) is 20.9. The maximum atomic E-state index is 13.2. The van der Waals surface area contributed by atoms with E-state index in [1.807, 2.05) is 68.5 Å². The van der Waals surface area contributed by atoms with Gasteiger partial charge in [-0.1, -0.05) is 48.0 Å². The lowest BCUT2D eigenvalue weighted by Gasteiger charge is -2.24. The van der Waals surface area contributed by atoms with Crippen LogP contribution in [0.25, 0.3) is 6.08 Å². The molecular formula is C25H25NO4. The molecule has 5 nitrogen and oxygen atoms in total. The van der Waals surface area contributed by atoms with E-state index < -0.39 is 5.60 Å². The fraction of sp³-hybridized carbons (Fsp3) is 0.280. The van der Waals surface area contributed by atoms with Gasteiger partial charge >= 0.3 is 5.97 Å². The van der Waals surface area contributed by atoms with Crippen LogP contribution < -0.4 is 4.90 Å². The zero-order valence-corrected chi connectivity index (χ0v) is 17.7. The molecule has 30 heavy (non-hydrogen) atoms. The molecule has 0 aromatic heterocycles. The molecule has 0 saturated carbocycles. The standard InChI is InChI=1S/C25H25NO4/c1-16-9-11-18(12-10-16)13-19(23(27)29-4)14-20-15-30-25(17(20)2)21-7-5-6-8-22(21)26(3)24(25)28/h5-13H,14-15H2,1-4H3/b19-13-. The van der Waals surface area contributed by atoms with E-state index in [2.05, 4.69) is 0 Å². The zero-order chi connectivity index (χ0) is 21.5. The molecule has 2 heterocycles. The van der Waals surface area contributed by atoms with Crippen molar-refractivity contribution in [2.45, 2.75) is 25.9 Å². The third-order valence-corrected chi connectivity index (χ3v) is 6.04. The van der Waals surface area contributed by atoms with Crippen LogP contribution in [0.15, 0.2) is 65.3 Å². The number of para-hydroxylation sites is 1. The van der Waals surface area contributed by atoms with Crippen molar-refractivity contribution in [3.8, 4) is 0 Å². The summed E-state index contributed by atoms with van der Waals surface area (Å²) >= 11 is 0. The summed E-state index contributed by atoms with van der Waals surface area (Å²) in [5.74, 6) is -0.481. The van der Waals surface area contributed by atoms with E-state index in [-0.39, 0.29) is 11.9 Å². The van der Waals surface area contributed by atoms with Gasteiger partial charge in [-0.05, 0) is 42.7 Å². The van der Waals surface area contributed by atoms with Crippen molar-refractivity contribution in [1.29, 1.82) is 0 Å². The zero-order valence-electron chi connectivity index (χ0n) is 17.7. The van der Waals surface area contributed by atoms with Crippen molar-refractivity contribution in [3.63, 3.8) is 0 Å². The average molecular weight is 403 g/mol. The van der Waals surface area contributed by atoms with Crippen molar-refractivity contribution < 1.29 is 19.1 Å². The van der Waals surface area contributed by atoms with Crippen LogP contribution in [0.1, 0.15) is 30.0 Å². The highest BCUT2D eigenvalue weighted by molar-refractivity contribution is 6.09. The van der Waals surface area contributed by atoms with Crippen LogP contribution in [0.3, 0.4) is 0 Å². The van der Waals surface area contributed by atoms with Crippen LogP contribution in [0.5, 0.6) is 0 Å². The van der Waals surface area contributed by atoms with Gasteiger partial charge in [0.1, 0.15) is 0 Å². The SMILES string of the molecule is COC(=O)/C(=C\c1ccc(C)cc1)CC1=C(C)C2(OC1)C(=O)N(C)c1ccccc12. The second-order valence-corrected chi connectivity index (χ2v) is 7.83. The van der Waals surface area contributed by atoms with Crippen LogP contribution >= 0.6 is 0 Å². The van der Waals surface area contributed by atoms with Crippen LogP contribution in [0.4, 0.5) is 5.69 Å². The van der Waals surface area contributed by atoms with Crippen LogP contribution in [-0.2, 0) is 24.7 Å². The number of methoxy groups -OCH3 is 1. The highest BCUT2D eigenvalue weighted by atomic mass is 16.5. The molecule has 1 spiro atoms. The van der Waals surface area contributed by atoms with E-state index in [9.17, 15) is 9.59 Å². The molecule has 4 rings (SSSR count). The fourth-order valence-corrected chi connectivity index (χ4v) is 4.28. The summed E-state index contributed by atoms with van der Waals surface area (Å²) in [5, 5.41) is 0. The quantitative estimate of drug-likeness (QED) is 0.437. The first-order chi connectivity index (χ1) is 14.4. The number of benzene rings is 2. The molecule has 0 radical (unpaired) electrons. The van der Waals surface area contributed by atoms with E-state index >= 15 is 0 Å². The summed E-state index contributed by atoms with van der Waals surface area (Å²) in [6, 6.07) is 15.6. The van der Waals surface area contributed by atoms with Gasteiger partial charge in [-0.2, -0.15) is 0 Å². The second-order valence-electron chi connectivity index (χ2n) is 7.83. The molecule has 2 aliphatic heterocycles. The number of fused-ring (bicyclic) bond motifs is 2. The van der Waals surface area contributed by atoms with Crippen molar-refractivity contribution in [2.24, 2.45) is 0 Å². The third-order valence-electron chi connectivity index (χ3n) is 6.04. The monoisotopic (exact) mass is 403 g/mol.